The topological polar surface area (TPSA) is 135 Å². The molecule has 0 spiro atoms. The molecule has 1 aromatic carbocycles. The Balaban J connectivity index is 0.00000450. The summed E-state index contributed by atoms with van der Waals surface area (Å²) in [7, 11) is -4.03. The van der Waals surface area contributed by atoms with Crippen LogP contribution in [-0.2, 0) is 19.6 Å². The number of aliphatic carboxylic acids is 1. The number of carbonyl (C=O) groups is 2. The molecule has 1 amide bonds. The zero-order valence-corrected chi connectivity index (χ0v) is 18.0. The van der Waals surface area contributed by atoms with E-state index in [1.807, 2.05) is 0 Å². The predicted octanol–water partition coefficient (Wildman–Crippen LogP) is 1.86. The molecule has 0 aliphatic carbocycles. The number of hydrogen-bond donors (Lipinski definition) is 3. The molecule has 1 atom stereocenters. The second-order valence-corrected chi connectivity index (χ2v) is 8.07. The minimum Gasteiger partial charge on any atom is -0.490 e. The average Bonchev–Trinajstić information content (AvgIpc) is 2.69. The first-order valence-electron chi connectivity index (χ1n) is 8.58. The molecule has 30 heavy (non-hydrogen) atoms. The Kier molecular flexibility index (Phi) is 10.5. The molecular formula is C18H21Cl2N3O6S. The van der Waals surface area contributed by atoms with E-state index in [9.17, 15) is 18.0 Å². The average molecular weight is 478 g/mol. The lowest BCUT2D eigenvalue weighted by molar-refractivity contribution is -0.137. The molecule has 2 rings (SSSR count). The number of nitrogens with one attached hydrogen (secondary N) is 2. The Labute approximate surface area is 185 Å². The lowest BCUT2D eigenvalue weighted by Gasteiger charge is -2.19. The van der Waals surface area contributed by atoms with Crippen molar-refractivity contribution in [2.75, 3.05) is 13.2 Å². The lowest BCUT2D eigenvalue weighted by Crippen LogP contribution is -2.50. The molecule has 0 saturated carbocycles. The van der Waals surface area contributed by atoms with Crippen molar-refractivity contribution >= 4 is 45.9 Å². The normalized spacial score (nSPS) is 11.8. The van der Waals surface area contributed by atoms with Crippen molar-refractivity contribution in [3.8, 4) is 5.75 Å². The van der Waals surface area contributed by atoms with Gasteiger partial charge in [0.1, 0.15) is 18.4 Å². The van der Waals surface area contributed by atoms with E-state index in [-0.39, 0.29) is 43.3 Å². The summed E-state index contributed by atoms with van der Waals surface area (Å²) in [5, 5.41) is 11.5. The molecule has 12 heteroatoms. The molecule has 1 unspecified atom stereocenters. The van der Waals surface area contributed by atoms with Gasteiger partial charge in [-0.1, -0.05) is 11.6 Å². The molecule has 0 bridgehead atoms. The fourth-order valence-corrected chi connectivity index (χ4v) is 3.52. The van der Waals surface area contributed by atoms with E-state index in [0.29, 0.717) is 10.8 Å². The number of aromatic nitrogens is 1. The SMILES string of the molecule is Cl.O=C(O)CCCNC(=O)C(COc1cccnc1)NS(=O)(=O)c1ccc(Cl)cc1. The van der Waals surface area contributed by atoms with Gasteiger partial charge in [-0.3, -0.25) is 14.6 Å². The van der Waals surface area contributed by atoms with Crippen LogP contribution in [0, 0.1) is 0 Å². The molecule has 0 radical (unpaired) electrons. The minimum atomic E-state index is -4.03. The van der Waals surface area contributed by atoms with Gasteiger partial charge < -0.3 is 15.2 Å². The Morgan fingerprint density at radius 1 is 1.20 bits per heavy atom. The number of carbonyl (C=O) groups excluding carboxylic acids is 1. The molecular weight excluding hydrogens is 457 g/mol. The van der Waals surface area contributed by atoms with Gasteiger partial charge in [0.15, 0.2) is 0 Å². The first-order valence-corrected chi connectivity index (χ1v) is 10.4. The smallest absolute Gasteiger partial charge is 0.303 e. The highest BCUT2D eigenvalue weighted by Crippen LogP contribution is 2.15. The third-order valence-electron chi connectivity index (χ3n) is 3.66. The van der Waals surface area contributed by atoms with Crippen LogP contribution in [0.2, 0.25) is 5.02 Å². The van der Waals surface area contributed by atoms with Gasteiger partial charge in [-0.25, -0.2) is 8.42 Å². The zero-order chi connectivity index (χ0) is 21.3. The molecule has 3 N–H and O–H groups in total. The standard InChI is InChI=1S/C18H20ClN3O6S.ClH/c19-13-5-7-15(8-6-13)29(26,27)22-16(12-28-14-3-1-9-20-11-14)18(25)21-10-2-4-17(23)24;/h1,3,5-9,11,16,22H,2,4,10,12H2,(H,21,25)(H,23,24);1H. The van der Waals surface area contributed by atoms with Crippen LogP contribution in [0.5, 0.6) is 5.75 Å². The van der Waals surface area contributed by atoms with Crippen LogP contribution >= 0.6 is 24.0 Å². The Bertz CT molecular complexity index is 927. The van der Waals surface area contributed by atoms with Crippen LogP contribution in [0.15, 0.2) is 53.7 Å². The summed E-state index contributed by atoms with van der Waals surface area (Å²) >= 11 is 5.78. The van der Waals surface area contributed by atoms with E-state index in [0.717, 1.165) is 0 Å². The molecule has 0 aliphatic heterocycles. The Morgan fingerprint density at radius 2 is 1.90 bits per heavy atom. The number of sulfonamides is 1. The van der Waals surface area contributed by atoms with Gasteiger partial charge in [-0.2, -0.15) is 4.72 Å². The van der Waals surface area contributed by atoms with Crippen molar-refractivity contribution in [3.63, 3.8) is 0 Å². The molecule has 1 aromatic heterocycles. The van der Waals surface area contributed by atoms with Crippen molar-refractivity contribution in [2.24, 2.45) is 0 Å². The van der Waals surface area contributed by atoms with Crippen LogP contribution in [-0.4, -0.2) is 49.6 Å². The van der Waals surface area contributed by atoms with Crippen LogP contribution in [0.25, 0.3) is 0 Å². The van der Waals surface area contributed by atoms with Gasteiger partial charge in [0.25, 0.3) is 0 Å². The van der Waals surface area contributed by atoms with Crippen LogP contribution < -0.4 is 14.8 Å². The number of pyridine rings is 1. The van der Waals surface area contributed by atoms with E-state index >= 15 is 0 Å². The van der Waals surface area contributed by atoms with E-state index in [1.54, 1.807) is 18.3 Å². The number of hydrogen-bond acceptors (Lipinski definition) is 6. The summed E-state index contributed by atoms with van der Waals surface area (Å²) < 4.78 is 33.0. The number of amides is 1. The third kappa shape index (κ3) is 8.54. The summed E-state index contributed by atoms with van der Waals surface area (Å²) in [5.74, 6) is -1.27. The number of benzene rings is 1. The molecule has 1 heterocycles. The zero-order valence-electron chi connectivity index (χ0n) is 15.7. The highest BCUT2D eigenvalue weighted by atomic mass is 35.5. The summed E-state index contributed by atoms with van der Waals surface area (Å²) in [4.78, 5) is 26.9. The Morgan fingerprint density at radius 3 is 2.50 bits per heavy atom. The maximum absolute atomic E-state index is 12.6. The van der Waals surface area contributed by atoms with Crippen LogP contribution in [0.3, 0.4) is 0 Å². The third-order valence-corrected chi connectivity index (χ3v) is 5.40. The molecule has 0 saturated heterocycles. The van der Waals surface area contributed by atoms with Gasteiger partial charge in [0, 0.05) is 24.2 Å². The van der Waals surface area contributed by atoms with Gasteiger partial charge in [0.2, 0.25) is 15.9 Å². The molecule has 0 aliphatic rings. The molecule has 9 nitrogen and oxygen atoms in total. The van der Waals surface area contributed by atoms with Crippen molar-refractivity contribution in [1.29, 1.82) is 0 Å². The second kappa shape index (κ2) is 12.3. The fourth-order valence-electron chi connectivity index (χ4n) is 2.22. The predicted molar refractivity (Wildman–Crippen MR) is 112 cm³/mol. The number of nitrogens with zero attached hydrogens (tertiary/aromatic N) is 1. The fraction of sp³-hybridized carbons (Fsp3) is 0.278. The highest BCUT2D eigenvalue weighted by molar-refractivity contribution is 7.89. The number of halogens is 2. The van der Waals surface area contributed by atoms with Crippen molar-refractivity contribution in [3.05, 3.63) is 53.8 Å². The van der Waals surface area contributed by atoms with E-state index in [4.69, 9.17) is 21.4 Å². The van der Waals surface area contributed by atoms with Crippen molar-refractivity contribution in [2.45, 2.75) is 23.8 Å². The Hall–Kier alpha value is -2.40. The summed E-state index contributed by atoms with van der Waals surface area (Å²) in [6.45, 7) is -0.208. The van der Waals surface area contributed by atoms with Gasteiger partial charge in [0.05, 0.1) is 11.1 Å². The van der Waals surface area contributed by atoms with E-state index < -0.39 is 27.9 Å². The number of carboxylic acids is 1. The maximum Gasteiger partial charge on any atom is 0.303 e. The minimum absolute atomic E-state index is 0. The van der Waals surface area contributed by atoms with Crippen molar-refractivity contribution < 1.29 is 27.9 Å². The maximum atomic E-state index is 12.6. The number of ether oxygens (including phenoxy) is 1. The van der Waals surface area contributed by atoms with E-state index in [1.165, 1.54) is 30.5 Å². The molecule has 164 valence electrons. The molecule has 0 fully saturated rings. The summed E-state index contributed by atoms with van der Waals surface area (Å²) in [6.07, 6.45) is 3.06. The van der Waals surface area contributed by atoms with E-state index in [2.05, 4.69) is 15.0 Å². The van der Waals surface area contributed by atoms with Crippen LogP contribution in [0.1, 0.15) is 12.8 Å². The number of rotatable bonds is 11. The van der Waals surface area contributed by atoms with Crippen LogP contribution in [0.4, 0.5) is 0 Å². The first-order chi connectivity index (χ1) is 13.8. The second-order valence-electron chi connectivity index (χ2n) is 5.92. The van der Waals surface area contributed by atoms with Crippen molar-refractivity contribution in [1.82, 2.24) is 15.0 Å². The van der Waals surface area contributed by atoms with Gasteiger partial charge in [-0.05, 0) is 42.8 Å². The molecule has 2 aromatic rings. The largest absolute Gasteiger partial charge is 0.490 e. The number of carboxylic acid groups (broad SMARTS) is 1. The quantitative estimate of drug-likeness (QED) is 0.420. The lowest BCUT2D eigenvalue weighted by atomic mass is 10.2. The summed E-state index contributed by atoms with van der Waals surface area (Å²) in [6, 6.07) is 7.47. The first kappa shape index (κ1) is 25.6. The highest BCUT2D eigenvalue weighted by Gasteiger charge is 2.26. The van der Waals surface area contributed by atoms with Gasteiger partial charge >= 0.3 is 5.97 Å². The monoisotopic (exact) mass is 477 g/mol. The van der Waals surface area contributed by atoms with Gasteiger partial charge in [-0.15, -0.1) is 12.4 Å². The summed E-state index contributed by atoms with van der Waals surface area (Å²) in [5.41, 5.74) is 0.